The van der Waals surface area contributed by atoms with Crippen molar-refractivity contribution in [2.24, 2.45) is 0 Å². The van der Waals surface area contributed by atoms with Crippen LogP contribution in [0.15, 0.2) is 24.3 Å². The molecular weight excluding hydrogens is 273 g/mol. The SMILES string of the molecule is O=C(N1CCCn2nnnc21)C1(c2ccccc2F)CC1. The number of hydrogen-bond acceptors (Lipinski definition) is 4. The molecule has 4 rings (SSSR count). The molecular formula is C14H14FN5O. The fourth-order valence-corrected chi connectivity index (χ4v) is 3.04. The van der Waals surface area contributed by atoms with Crippen LogP contribution in [0.1, 0.15) is 24.8 Å². The van der Waals surface area contributed by atoms with Crippen LogP contribution in [-0.2, 0) is 16.8 Å². The number of rotatable bonds is 2. The van der Waals surface area contributed by atoms with Crippen LogP contribution in [0.2, 0.25) is 0 Å². The van der Waals surface area contributed by atoms with Gasteiger partial charge in [-0.15, -0.1) is 0 Å². The maximum Gasteiger partial charge on any atom is 0.252 e. The van der Waals surface area contributed by atoms with E-state index in [2.05, 4.69) is 15.5 Å². The molecule has 0 saturated heterocycles. The topological polar surface area (TPSA) is 63.9 Å². The van der Waals surface area contributed by atoms with Crippen LogP contribution >= 0.6 is 0 Å². The quantitative estimate of drug-likeness (QED) is 0.834. The third kappa shape index (κ3) is 1.76. The second-order valence-corrected chi connectivity index (χ2v) is 5.57. The van der Waals surface area contributed by atoms with E-state index >= 15 is 0 Å². The van der Waals surface area contributed by atoms with Gasteiger partial charge in [0.25, 0.3) is 5.95 Å². The molecule has 2 aliphatic rings. The van der Waals surface area contributed by atoms with Gasteiger partial charge in [0.2, 0.25) is 5.91 Å². The van der Waals surface area contributed by atoms with Gasteiger partial charge in [0.05, 0.1) is 5.41 Å². The summed E-state index contributed by atoms with van der Waals surface area (Å²) in [4.78, 5) is 14.5. The van der Waals surface area contributed by atoms with E-state index in [0.717, 1.165) is 6.42 Å². The lowest BCUT2D eigenvalue weighted by molar-refractivity contribution is -0.121. The molecule has 0 bridgehead atoms. The number of benzene rings is 1. The van der Waals surface area contributed by atoms with Crippen molar-refractivity contribution < 1.29 is 9.18 Å². The monoisotopic (exact) mass is 287 g/mol. The van der Waals surface area contributed by atoms with Crippen molar-refractivity contribution in [2.45, 2.75) is 31.2 Å². The molecule has 1 amide bonds. The zero-order valence-corrected chi connectivity index (χ0v) is 11.4. The molecule has 1 aromatic heterocycles. The first-order valence-corrected chi connectivity index (χ1v) is 7.05. The fourth-order valence-electron chi connectivity index (χ4n) is 3.04. The summed E-state index contributed by atoms with van der Waals surface area (Å²) in [6.07, 6.45) is 2.15. The number of hydrogen-bond donors (Lipinski definition) is 0. The van der Waals surface area contributed by atoms with E-state index in [1.165, 1.54) is 6.07 Å². The van der Waals surface area contributed by atoms with Gasteiger partial charge in [-0.05, 0) is 35.8 Å². The van der Waals surface area contributed by atoms with Crippen LogP contribution in [0.4, 0.5) is 10.3 Å². The number of aromatic nitrogens is 4. The molecule has 21 heavy (non-hydrogen) atoms. The van der Waals surface area contributed by atoms with Gasteiger partial charge in [-0.25, -0.2) is 9.07 Å². The fraction of sp³-hybridized carbons (Fsp3) is 0.429. The zero-order valence-electron chi connectivity index (χ0n) is 11.4. The highest BCUT2D eigenvalue weighted by atomic mass is 19.1. The summed E-state index contributed by atoms with van der Waals surface area (Å²) in [7, 11) is 0. The van der Waals surface area contributed by atoms with Crippen molar-refractivity contribution in [3.63, 3.8) is 0 Å². The lowest BCUT2D eigenvalue weighted by Gasteiger charge is -2.29. The number of carbonyl (C=O) groups is 1. The minimum atomic E-state index is -0.737. The summed E-state index contributed by atoms with van der Waals surface area (Å²) in [5, 5.41) is 11.4. The summed E-state index contributed by atoms with van der Waals surface area (Å²) >= 11 is 0. The first-order valence-electron chi connectivity index (χ1n) is 7.05. The van der Waals surface area contributed by atoms with Gasteiger partial charge in [0.15, 0.2) is 0 Å². The molecule has 2 aromatic rings. The molecule has 7 heteroatoms. The maximum absolute atomic E-state index is 14.1. The predicted octanol–water partition coefficient (Wildman–Crippen LogP) is 1.28. The molecule has 0 N–H and O–H groups in total. The van der Waals surface area contributed by atoms with Crippen LogP contribution in [0.5, 0.6) is 0 Å². The summed E-state index contributed by atoms with van der Waals surface area (Å²) in [6, 6.07) is 6.52. The van der Waals surface area contributed by atoms with E-state index in [0.29, 0.717) is 37.4 Å². The molecule has 1 saturated carbocycles. The molecule has 1 aromatic carbocycles. The third-order valence-electron chi connectivity index (χ3n) is 4.30. The van der Waals surface area contributed by atoms with Gasteiger partial charge in [-0.2, -0.15) is 0 Å². The second kappa shape index (κ2) is 4.34. The zero-order chi connectivity index (χ0) is 14.4. The molecule has 2 heterocycles. The highest BCUT2D eigenvalue weighted by Gasteiger charge is 2.55. The Hall–Kier alpha value is -2.31. The van der Waals surface area contributed by atoms with Crippen molar-refractivity contribution >= 4 is 11.9 Å². The van der Waals surface area contributed by atoms with Gasteiger partial charge in [0, 0.05) is 18.7 Å². The Labute approximate surface area is 120 Å². The lowest BCUT2D eigenvalue weighted by atomic mass is 9.93. The average Bonchev–Trinajstić information content (AvgIpc) is 3.16. The van der Waals surface area contributed by atoms with Crippen LogP contribution in [0, 0.1) is 5.82 Å². The Morgan fingerprint density at radius 3 is 2.81 bits per heavy atom. The number of amides is 1. The van der Waals surface area contributed by atoms with Gasteiger partial charge < -0.3 is 0 Å². The molecule has 0 spiro atoms. The molecule has 0 atom stereocenters. The number of aryl methyl sites for hydroxylation is 1. The summed E-state index contributed by atoms with van der Waals surface area (Å²) in [5.74, 6) is 0.0529. The van der Waals surface area contributed by atoms with Crippen molar-refractivity contribution in [1.29, 1.82) is 0 Å². The Kier molecular flexibility index (Phi) is 2.57. The standard InChI is InChI=1S/C14H14FN5O/c15-11-5-2-1-4-10(11)14(6-7-14)12(21)19-8-3-9-20-13(19)16-17-18-20/h1-2,4-5H,3,6-9H2. The Balaban J connectivity index is 1.72. The second-order valence-electron chi connectivity index (χ2n) is 5.57. The molecule has 1 aliphatic carbocycles. The van der Waals surface area contributed by atoms with Crippen LogP contribution in [0.25, 0.3) is 0 Å². The van der Waals surface area contributed by atoms with E-state index in [1.54, 1.807) is 27.8 Å². The highest BCUT2D eigenvalue weighted by Crippen LogP contribution is 2.50. The van der Waals surface area contributed by atoms with Gasteiger partial charge >= 0.3 is 0 Å². The number of halogens is 1. The predicted molar refractivity (Wildman–Crippen MR) is 72.1 cm³/mol. The van der Waals surface area contributed by atoms with Crippen molar-refractivity contribution in [2.75, 3.05) is 11.4 Å². The molecule has 6 nitrogen and oxygen atoms in total. The van der Waals surface area contributed by atoms with Crippen LogP contribution in [-0.4, -0.2) is 32.7 Å². The Morgan fingerprint density at radius 2 is 2.05 bits per heavy atom. The smallest absolute Gasteiger partial charge is 0.252 e. The molecule has 1 fully saturated rings. The molecule has 0 unspecified atom stereocenters. The highest BCUT2D eigenvalue weighted by molar-refractivity contribution is 6.02. The Bertz CT molecular complexity index is 709. The minimum absolute atomic E-state index is 0.0941. The number of carbonyl (C=O) groups excluding carboxylic acids is 1. The number of fused-ring (bicyclic) bond motifs is 1. The Morgan fingerprint density at radius 1 is 1.24 bits per heavy atom. The number of nitrogens with zero attached hydrogens (tertiary/aromatic N) is 5. The van der Waals surface area contributed by atoms with Gasteiger partial charge in [0.1, 0.15) is 5.82 Å². The minimum Gasteiger partial charge on any atom is -0.279 e. The van der Waals surface area contributed by atoms with Gasteiger partial charge in [-0.1, -0.05) is 23.3 Å². The number of tetrazole rings is 1. The van der Waals surface area contributed by atoms with E-state index in [-0.39, 0.29) is 11.7 Å². The van der Waals surface area contributed by atoms with E-state index in [9.17, 15) is 9.18 Å². The largest absolute Gasteiger partial charge is 0.279 e. The van der Waals surface area contributed by atoms with Crippen molar-refractivity contribution in [3.8, 4) is 0 Å². The van der Waals surface area contributed by atoms with Gasteiger partial charge in [-0.3, -0.25) is 9.69 Å². The van der Waals surface area contributed by atoms with E-state index < -0.39 is 5.41 Å². The van der Waals surface area contributed by atoms with Crippen molar-refractivity contribution in [3.05, 3.63) is 35.6 Å². The number of anilines is 1. The third-order valence-corrected chi connectivity index (χ3v) is 4.30. The normalized spacial score (nSPS) is 19.2. The first-order chi connectivity index (χ1) is 10.2. The molecule has 1 aliphatic heterocycles. The van der Waals surface area contributed by atoms with Crippen molar-refractivity contribution in [1.82, 2.24) is 20.2 Å². The summed E-state index contributed by atoms with van der Waals surface area (Å²) in [5.41, 5.74) is -0.251. The van der Waals surface area contributed by atoms with Crippen LogP contribution in [0.3, 0.4) is 0 Å². The molecule has 108 valence electrons. The van der Waals surface area contributed by atoms with E-state index in [1.807, 2.05) is 0 Å². The average molecular weight is 287 g/mol. The molecule has 0 radical (unpaired) electrons. The summed E-state index contributed by atoms with van der Waals surface area (Å²) in [6.45, 7) is 1.29. The summed E-state index contributed by atoms with van der Waals surface area (Å²) < 4.78 is 15.7. The first kappa shape index (κ1) is 12.4. The van der Waals surface area contributed by atoms with E-state index in [4.69, 9.17) is 0 Å². The maximum atomic E-state index is 14.1. The van der Waals surface area contributed by atoms with Crippen LogP contribution < -0.4 is 4.90 Å². The lowest BCUT2D eigenvalue weighted by Crippen LogP contribution is -2.44.